The highest BCUT2D eigenvalue weighted by atomic mass is 35.5. The normalized spacial score (nSPS) is 11.3. The zero-order chi connectivity index (χ0) is 15.8. The maximum Gasteiger partial charge on any atom is 0.300 e. The Hall–Kier alpha value is -1.84. The van der Waals surface area contributed by atoms with Gasteiger partial charge in [-0.15, -0.1) is 11.3 Å². The van der Waals surface area contributed by atoms with E-state index in [2.05, 4.69) is 4.72 Å². The Morgan fingerprint density at radius 2 is 2.05 bits per heavy atom. The van der Waals surface area contributed by atoms with E-state index in [0.717, 1.165) is 6.07 Å². The number of halogens is 1. The molecule has 0 aliphatic rings. The predicted octanol–water partition coefficient (Wildman–Crippen LogP) is 3.12. The van der Waals surface area contributed by atoms with Crippen molar-refractivity contribution < 1.29 is 18.4 Å². The van der Waals surface area contributed by atoms with Gasteiger partial charge in [-0.1, -0.05) is 11.6 Å². The topological polar surface area (TPSA) is 110 Å². The molecule has 1 aromatic carbocycles. The Kier molecular flexibility index (Phi) is 4.08. The lowest BCUT2D eigenvalue weighted by atomic mass is 10.2. The van der Waals surface area contributed by atoms with Crippen LogP contribution < -0.4 is 4.72 Å². The van der Waals surface area contributed by atoms with Crippen molar-refractivity contribution in [1.29, 1.82) is 0 Å². The number of hydrogen-bond donors (Lipinski definition) is 2. The maximum atomic E-state index is 12.2. The Bertz CT molecular complexity index is 816. The third-order valence-electron chi connectivity index (χ3n) is 2.56. The highest BCUT2D eigenvalue weighted by Gasteiger charge is 2.25. The molecule has 0 aliphatic carbocycles. The summed E-state index contributed by atoms with van der Waals surface area (Å²) in [6, 6.07) is 5.02. The number of phenols is 1. The number of nitrogens with zero attached hydrogens (tertiary/aromatic N) is 1. The number of nitrogens with one attached hydrogen (secondary N) is 1. The fourth-order valence-corrected chi connectivity index (χ4v) is 4.35. The molecule has 0 bridgehead atoms. The van der Waals surface area contributed by atoms with E-state index < -0.39 is 20.6 Å². The summed E-state index contributed by atoms with van der Waals surface area (Å²) < 4.78 is 26.2. The SMILES string of the molecule is Cc1cc(O)ccc1NS(=O)(=O)c1cc([N+](=O)[O-])c(Cl)s1. The predicted molar refractivity (Wildman–Crippen MR) is 79.6 cm³/mol. The Balaban J connectivity index is 2.38. The summed E-state index contributed by atoms with van der Waals surface area (Å²) in [5.41, 5.74) is 0.320. The minimum atomic E-state index is -3.99. The molecule has 0 amide bonds. The van der Waals surface area contributed by atoms with Crippen LogP contribution in [0, 0.1) is 17.0 Å². The quantitative estimate of drug-likeness (QED) is 0.501. The van der Waals surface area contributed by atoms with Crippen molar-refractivity contribution in [3.05, 3.63) is 44.3 Å². The average molecular weight is 349 g/mol. The molecule has 112 valence electrons. The van der Waals surface area contributed by atoms with Crippen molar-refractivity contribution in [2.45, 2.75) is 11.1 Å². The molecule has 0 spiro atoms. The van der Waals surface area contributed by atoms with E-state index in [1.54, 1.807) is 6.92 Å². The van der Waals surface area contributed by atoms with Gasteiger partial charge < -0.3 is 5.11 Å². The number of phenolic OH excluding ortho intramolecular Hbond substituents is 1. The smallest absolute Gasteiger partial charge is 0.300 e. The van der Waals surface area contributed by atoms with Crippen molar-refractivity contribution in [2.75, 3.05) is 4.72 Å². The van der Waals surface area contributed by atoms with Gasteiger partial charge in [0.1, 0.15) is 9.96 Å². The van der Waals surface area contributed by atoms with E-state index in [1.165, 1.54) is 18.2 Å². The number of thiophene rings is 1. The maximum absolute atomic E-state index is 12.2. The molecule has 0 saturated carbocycles. The summed E-state index contributed by atoms with van der Waals surface area (Å²) in [7, 11) is -3.99. The second-order valence-corrected chi connectivity index (χ2v) is 7.65. The van der Waals surface area contributed by atoms with Crippen molar-refractivity contribution >= 4 is 44.3 Å². The van der Waals surface area contributed by atoms with Gasteiger partial charge in [-0.3, -0.25) is 14.8 Å². The minimum Gasteiger partial charge on any atom is -0.508 e. The van der Waals surface area contributed by atoms with Crippen LogP contribution in [0.25, 0.3) is 0 Å². The second-order valence-electron chi connectivity index (χ2n) is 4.09. The van der Waals surface area contributed by atoms with Crippen LogP contribution in [0.4, 0.5) is 11.4 Å². The summed E-state index contributed by atoms with van der Waals surface area (Å²) in [5.74, 6) is 0.00486. The van der Waals surface area contributed by atoms with Gasteiger partial charge in [0.05, 0.1) is 10.6 Å². The first-order chi connectivity index (χ1) is 9.70. The largest absolute Gasteiger partial charge is 0.508 e. The first-order valence-electron chi connectivity index (χ1n) is 5.47. The summed E-state index contributed by atoms with van der Waals surface area (Å²) in [5, 5.41) is 20.0. The van der Waals surface area contributed by atoms with E-state index in [0.29, 0.717) is 16.9 Å². The molecule has 2 N–H and O–H groups in total. The van der Waals surface area contributed by atoms with E-state index >= 15 is 0 Å². The number of hydrogen-bond acceptors (Lipinski definition) is 6. The van der Waals surface area contributed by atoms with Crippen LogP contribution in [0.5, 0.6) is 5.75 Å². The summed E-state index contributed by atoms with van der Waals surface area (Å²) in [6.45, 7) is 1.61. The van der Waals surface area contributed by atoms with Crippen LogP contribution in [0.2, 0.25) is 4.34 Å². The molecule has 10 heteroatoms. The third kappa shape index (κ3) is 3.26. The fraction of sp³-hybridized carbons (Fsp3) is 0.0909. The standard InChI is InChI=1S/C11H9ClN2O5S2/c1-6-4-7(15)2-3-8(6)13-21(18,19)10-5-9(14(16)17)11(12)20-10/h2-5,13,15H,1H3. The number of sulfonamides is 1. The van der Waals surface area contributed by atoms with Gasteiger partial charge in [0, 0.05) is 6.07 Å². The highest BCUT2D eigenvalue weighted by molar-refractivity contribution is 7.94. The Labute approximate surface area is 129 Å². The van der Waals surface area contributed by atoms with Crippen LogP contribution in [0.15, 0.2) is 28.5 Å². The number of benzene rings is 1. The molecule has 0 atom stereocenters. The molecule has 21 heavy (non-hydrogen) atoms. The molecule has 2 rings (SSSR count). The van der Waals surface area contributed by atoms with Gasteiger partial charge in [0.25, 0.3) is 15.7 Å². The molecule has 0 unspecified atom stereocenters. The Morgan fingerprint density at radius 1 is 1.38 bits per heavy atom. The first-order valence-corrected chi connectivity index (χ1v) is 8.14. The number of rotatable bonds is 4. The monoisotopic (exact) mass is 348 g/mol. The van der Waals surface area contributed by atoms with Crippen LogP contribution in [-0.2, 0) is 10.0 Å². The molecular formula is C11H9ClN2O5S2. The molecular weight excluding hydrogens is 340 g/mol. The zero-order valence-corrected chi connectivity index (χ0v) is 12.9. The molecule has 1 aromatic heterocycles. The van der Waals surface area contributed by atoms with Crippen molar-refractivity contribution in [3.63, 3.8) is 0 Å². The van der Waals surface area contributed by atoms with Crippen molar-refractivity contribution in [2.24, 2.45) is 0 Å². The summed E-state index contributed by atoms with van der Waals surface area (Å²) in [6.07, 6.45) is 0. The van der Waals surface area contributed by atoms with Gasteiger partial charge in [0.2, 0.25) is 0 Å². The van der Waals surface area contributed by atoms with Crippen molar-refractivity contribution in [3.8, 4) is 5.75 Å². The minimum absolute atomic E-state index is 0.00486. The van der Waals surface area contributed by atoms with E-state index in [9.17, 15) is 23.6 Å². The number of nitro groups is 1. The van der Waals surface area contributed by atoms with Crippen molar-refractivity contribution in [1.82, 2.24) is 0 Å². The molecule has 0 fully saturated rings. The number of aromatic hydroxyl groups is 1. The molecule has 0 aliphatic heterocycles. The van der Waals surface area contributed by atoms with Crippen LogP contribution in [0.3, 0.4) is 0 Å². The molecule has 0 saturated heterocycles. The lowest BCUT2D eigenvalue weighted by Gasteiger charge is -2.09. The van der Waals surface area contributed by atoms with E-state index in [4.69, 9.17) is 11.6 Å². The second kappa shape index (κ2) is 5.51. The van der Waals surface area contributed by atoms with Gasteiger partial charge >= 0.3 is 0 Å². The van der Waals surface area contributed by atoms with E-state index in [-0.39, 0.29) is 20.0 Å². The third-order valence-corrected chi connectivity index (χ3v) is 5.74. The summed E-state index contributed by atoms with van der Waals surface area (Å²) in [4.78, 5) is 9.95. The fourth-order valence-electron chi connectivity index (χ4n) is 1.55. The van der Waals surface area contributed by atoms with Gasteiger partial charge in [-0.2, -0.15) is 0 Å². The van der Waals surface area contributed by atoms with Gasteiger partial charge in [-0.05, 0) is 30.7 Å². The lowest BCUT2D eigenvalue weighted by Crippen LogP contribution is -2.12. The molecule has 1 heterocycles. The van der Waals surface area contributed by atoms with Gasteiger partial charge in [0.15, 0.2) is 4.34 Å². The number of aryl methyl sites for hydroxylation is 1. The molecule has 0 radical (unpaired) electrons. The van der Waals surface area contributed by atoms with Gasteiger partial charge in [-0.25, -0.2) is 8.42 Å². The average Bonchev–Trinajstić information content (AvgIpc) is 2.76. The van der Waals surface area contributed by atoms with Crippen LogP contribution in [-0.4, -0.2) is 18.4 Å². The van der Waals surface area contributed by atoms with E-state index in [1.807, 2.05) is 0 Å². The Morgan fingerprint density at radius 3 is 2.57 bits per heavy atom. The molecule has 2 aromatic rings. The molecule has 7 nitrogen and oxygen atoms in total. The van der Waals surface area contributed by atoms with Crippen LogP contribution >= 0.6 is 22.9 Å². The highest BCUT2D eigenvalue weighted by Crippen LogP contribution is 2.37. The lowest BCUT2D eigenvalue weighted by molar-refractivity contribution is -0.384. The first kappa shape index (κ1) is 15.5. The number of anilines is 1. The summed E-state index contributed by atoms with van der Waals surface area (Å²) >= 11 is 6.25. The zero-order valence-electron chi connectivity index (χ0n) is 10.5. The van der Waals surface area contributed by atoms with Crippen LogP contribution in [0.1, 0.15) is 5.56 Å².